The van der Waals surface area contributed by atoms with Crippen LogP contribution in [0.3, 0.4) is 0 Å². The largest absolute Gasteiger partial charge is 0.368 e. The molecule has 22 heavy (non-hydrogen) atoms. The monoisotopic (exact) mass is 305 g/mol. The van der Waals surface area contributed by atoms with Gasteiger partial charge in [0.05, 0.1) is 6.54 Å². The first-order valence-corrected chi connectivity index (χ1v) is 7.53. The van der Waals surface area contributed by atoms with Gasteiger partial charge in [-0.3, -0.25) is 4.90 Å². The van der Waals surface area contributed by atoms with E-state index in [1.807, 2.05) is 25.2 Å². The predicted molar refractivity (Wildman–Crippen MR) is 81.7 cm³/mol. The van der Waals surface area contributed by atoms with Crippen LogP contribution < -0.4 is 0 Å². The van der Waals surface area contributed by atoms with Crippen molar-refractivity contribution >= 4 is 0 Å². The van der Waals surface area contributed by atoms with Gasteiger partial charge in [-0.2, -0.15) is 4.98 Å². The molecule has 1 aromatic carbocycles. The van der Waals surface area contributed by atoms with Crippen LogP contribution in [0.15, 0.2) is 34.9 Å². The van der Waals surface area contributed by atoms with E-state index >= 15 is 0 Å². The standard InChI is InChI=1S/C16H23N3O3/c1-19(11-13-7-3-2-4-8-13)12-15-17-14(18-22-15)9-5-6-10-16(20)21/h2-4,7-8,16,20-21H,5-6,9-12H2,1H3. The van der Waals surface area contributed by atoms with Crippen molar-refractivity contribution in [3.8, 4) is 0 Å². The Kier molecular flexibility index (Phi) is 6.51. The molecule has 120 valence electrons. The molecule has 0 spiro atoms. The summed E-state index contributed by atoms with van der Waals surface area (Å²) in [6.07, 6.45) is 1.39. The summed E-state index contributed by atoms with van der Waals surface area (Å²) in [5.74, 6) is 1.28. The molecule has 0 fully saturated rings. The van der Waals surface area contributed by atoms with Gasteiger partial charge in [0.15, 0.2) is 12.1 Å². The average Bonchev–Trinajstić information content (AvgIpc) is 2.92. The van der Waals surface area contributed by atoms with Gasteiger partial charge < -0.3 is 14.7 Å². The van der Waals surface area contributed by atoms with Gasteiger partial charge in [0.25, 0.3) is 0 Å². The molecule has 6 heteroatoms. The van der Waals surface area contributed by atoms with E-state index < -0.39 is 6.29 Å². The molecule has 0 radical (unpaired) electrons. The first-order valence-electron chi connectivity index (χ1n) is 7.53. The van der Waals surface area contributed by atoms with Crippen LogP contribution in [0.5, 0.6) is 0 Å². The Hall–Kier alpha value is -1.76. The number of nitrogens with zero attached hydrogens (tertiary/aromatic N) is 3. The second-order valence-corrected chi connectivity index (χ2v) is 5.49. The molecule has 0 atom stereocenters. The summed E-state index contributed by atoms with van der Waals surface area (Å²) in [6.45, 7) is 1.43. The van der Waals surface area contributed by atoms with Crippen LogP contribution in [0.1, 0.15) is 36.5 Å². The van der Waals surface area contributed by atoms with Gasteiger partial charge in [-0.15, -0.1) is 0 Å². The smallest absolute Gasteiger partial charge is 0.240 e. The number of aryl methyl sites for hydroxylation is 1. The number of hydrogen-bond acceptors (Lipinski definition) is 6. The van der Waals surface area contributed by atoms with Crippen LogP contribution in [0, 0.1) is 0 Å². The van der Waals surface area contributed by atoms with Gasteiger partial charge in [0.1, 0.15) is 0 Å². The highest BCUT2D eigenvalue weighted by Gasteiger charge is 2.09. The second-order valence-electron chi connectivity index (χ2n) is 5.49. The van der Waals surface area contributed by atoms with Crippen molar-refractivity contribution in [2.24, 2.45) is 0 Å². The molecule has 1 aromatic heterocycles. The van der Waals surface area contributed by atoms with Gasteiger partial charge in [0.2, 0.25) is 5.89 Å². The highest BCUT2D eigenvalue weighted by atomic mass is 16.5. The summed E-state index contributed by atoms with van der Waals surface area (Å²) in [7, 11) is 2.01. The molecule has 1 heterocycles. The Balaban J connectivity index is 1.74. The first-order chi connectivity index (χ1) is 10.6. The molecule has 0 aliphatic rings. The van der Waals surface area contributed by atoms with Crippen LogP contribution in [-0.4, -0.2) is 38.6 Å². The lowest BCUT2D eigenvalue weighted by Crippen LogP contribution is -2.17. The minimum atomic E-state index is -1.23. The van der Waals surface area contributed by atoms with E-state index in [0.29, 0.717) is 31.1 Å². The average molecular weight is 305 g/mol. The van der Waals surface area contributed by atoms with E-state index in [2.05, 4.69) is 27.2 Å². The first kappa shape index (κ1) is 16.6. The van der Waals surface area contributed by atoms with Gasteiger partial charge in [-0.1, -0.05) is 35.5 Å². The van der Waals surface area contributed by atoms with E-state index in [0.717, 1.165) is 19.4 Å². The minimum Gasteiger partial charge on any atom is -0.368 e. The molecule has 0 aliphatic carbocycles. The van der Waals surface area contributed by atoms with Crippen molar-refractivity contribution < 1.29 is 14.7 Å². The lowest BCUT2D eigenvalue weighted by molar-refractivity contribution is -0.0465. The van der Waals surface area contributed by atoms with Crippen LogP contribution in [0.25, 0.3) is 0 Å². The third-order valence-electron chi connectivity index (χ3n) is 3.32. The Morgan fingerprint density at radius 2 is 1.91 bits per heavy atom. The van der Waals surface area contributed by atoms with Crippen LogP contribution in [0.4, 0.5) is 0 Å². The maximum atomic E-state index is 8.77. The molecule has 0 amide bonds. The molecule has 0 unspecified atom stereocenters. The maximum absolute atomic E-state index is 8.77. The fourth-order valence-corrected chi connectivity index (χ4v) is 2.25. The summed E-state index contributed by atoms with van der Waals surface area (Å²) >= 11 is 0. The number of benzene rings is 1. The van der Waals surface area contributed by atoms with Gasteiger partial charge >= 0.3 is 0 Å². The van der Waals surface area contributed by atoms with E-state index in [1.165, 1.54) is 5.56 Å². The minimum absolute atomic E-state index is 0.379. The van der Waals surface area contributed by atoms with E-state index in [4.69, 9.17) is 14.7 Å². The summed E-state index contributed by atoms with van der Waals surface area (Å²) < 4.78 is 5.25. The zero-order valence-electron chi connectivity index (χ0n) is 12.9. The fourth-order valence-electron chi connectivity index (χ4n) is 2.25. The van der Waals surface area contributed by atoms with Gasteiger partial charge in [-0.05, 0) is 31.9 Å². The molecule has 2 N–H and O–H groups in total. The normalized spacial score (nSPS) is 11.5. The quantitative estimate of drug-likeness (QED) is 0.542. The molecule has 2 aromatic rings. The highest BCUT2D eigenvalue weighted by molar-refractivity contribution is 5.14. The molecular formula is C16H23N3O3. The molecular weight excluding hydrogens is 282 g/mol. The lowest BCUT2D eigenvalue weighted by atomic mass is 10.2. The molecule has 6 nitrogen and oxygen atoms in total. The van der Waals surface area contributed by atoms with E-state index in [-0.39, 0.29) is 0 Å². The zero-order valence-corrected chi connectivity index (χ0v) is 12.9. The Bertz CT molecular complexity index is 543. The number of hydrogen-bond donors (Lipinski definition) is 2. The van der Waals surface area contributed by atoms with Crippen LogP contribution in [0.2, 0.25) is 0 Å². The number of rotatable bonds is 9. The third-order valence-corrected chi connectivity index (χ3v) is 3.32. The summed E-state index contributed by atoms with van der Waals surface area (Å²) in [5.41, 5.74) is 1.24. The molecule has 0 aliphatic heterocycles. The molecule has 0 saturated heterocycles. The van der Waals surface area contributed by atoms with Crippen molar-refractivity contribution in [2.45, 2.75) is 45.1 Å². The van der Waals surface area contributed by atoms with Crippen LogP contribution in [-0.2, 0) is 19.5 Å². The van der Waals surface area contributed by atoms with E-state index in [9.17, 15) is 0 Å². The second kappa shape index (κ2) is 8.63. The number of unbranched alkanes of at least 4 members (excludes halogenated alkanes) is 1. The topological polar surface area (TPSA) is 82.6 Å². The summed E-state index contributed by atoms with van der Waals surface area (Å²) in [5, 5.41) is 21.5. The van der Waals surface area contributed by atoms with Crippen molar-refractivity contribution in [1.82, 2.24) is 15.0 Å². The fraction of sp³-hybridized carbons (Fsp3) is 0.500. The Labute approximate surface area is 130 Å². The zero-order chi connectivity index (χ0) is 15.8. The van der Waals surface area contributed by atoms with Crippen molar-refractivity contribution in [3.05, 3.63) is 47.6 Å². The van der Waals surface area contributed by atoms with E-state index in [1.54, 1.807) is 0 Å². The molecule has 2 rings (SSSR count). The van der Waals surface area contributed by atoms with Gasteiger partial charge in [-0.25, -0.2) is 0 Å². The van der Waals surface area contributed by atoms with Crippen molar-refractivity contribution in [3.63, 3.8) is 0 Å². The van der Waals surface area contributed by atoms with Crippen LogP contribution >= 0.6 is 0 Å². The molecule has 0 bridgehead atoms. The SMILES string of the molecule is CN(Cc1ccccc1)Cc1nc(CCCCC(O)O)no1. The van der Waals surface area contributed by atoms with Crippen molar-refractivity contribution in [2.75, 3.05) is 7.05 Å². The highest BCUT2D eigenvalue weighted by Crippen LogP contribution is 2.09. The number of aliphatic hydroxyl groups excluding tert-OH is 1. The summed E-state index contributed by atoms with van der Waals surface area (Å²) in [6, 6.07) is 10.2. The molecule has 0 saturated carbocycles. The predicted octanol–water partition coefficient (Wildman–Crippen LogP) is 1.73. The number of aromatic nitrogens is 2. The van der Waals surface area contributed by atoms with Crippen molar-refractivity contribution in [1.29, 1.82) is 0 Å². The summed E-state index contributed by atoms with van der Waals surface area (Å²) in [4.78, 5) is 6.48. The lowest BCUT2D eigenvalue weighted by Gasteiger charge is -2.13. The Morgan fingerprint density at radius 3 is 2.64 bits per heavy atom. The maximum Gasteiger partial charge on any atom is 0.240 e. The third kappa shape index (κ3) is 5.93. The Morgan fingerprint density at radius 1 is 1.14 bits per heavy atom. The number of aliphatic hydroxyl groups is 2. The van der Waals surface area contributed by atoms with Gasteiger partial charge in [0, 0.05) is 13.0 Å².